The predicted molar refractivity (Wildman–Crippen MR) is 75.2 cm³/mol. The highest BCUT2D eigenvalue weighted by Crippen LogP contribution is 2.31. The van der Waals surface area contributed by atoms with Crippen LogP contribution < -0.4 is 5.32 Å². The fraction of sp³-hybridized carbons (Fsp3) is 0.600. The van der Waals surface area contributed by atoms with E-state index in [1.165, 1.54) is 5.56 Å². The van der Waals surface area contributed by atoms with Crippen molar-refractivity contribution in [3.63, 3.8) is 0 Å². The Bertz CT molecular complexity index is 473. The zero-order valence-corrected chi connectivity index (χ0v) is 11.8. The van der Waals surface area contributed by atoms with Crippen LogP contribution in [-0.2, 0) is 9.53 Å². The van der Waals surface area contributed by atoms with Gasteiger partial charge in [0.25, 0.3) is 0 Å². The zero-order chi connectivity index (χ0) is 14.0. The summed E-state index contributed by atoms with van der Waals surface area (Å²) in [6.07, 6.45) is 5.65. The number of ether oxygens (including phenoxy) is 1. The Morgan fingerprint density at radius 2 is 2.25 bits per heavy atom. The largest absolute Gasteiger partial charge is 0.363 e. The van der Waals surface area contributed by atoms with Gasteiger partial charge in [0.2, 0.25) is 5.91 Å². The first kappa shape index (κ1) is 13.5. The number of carbonyl (C=O) groups is 1. The Labute approximate surface area is 119 Å². The van der Waals surface area contributed by atoms with Gasteiger partial charge in [-0.05, 0) is 37.5 Å². The molecule has 2 aliphatic rings. The lowest BCUT2D eigenvalue weighted by Gasteiger charge is -2.39. The summed E-state index contributed by atoms with van der Waals surface area (Å²) in [6.45, 7) is 4.70. The Morgan fingerprint density at radius 3 is 2.90 bits per heavy atom. The van der Waals surface area contributed by atoms with Crippen LogP contribution in [0.2, 0.25) is 0 Å². The van der Waals surface area contributed by atoms with E-state index in [4.69, 9.17) is 4.74 Å². The van der Waals surface area contributed by atoms with E-state index in [1.807, 2.05) is 24.0 Å². The lowest BCUT2D eigenvalue weighted by atomic mass is 10.0. The van der Waals surface area contributed by atoms with Crippen molar-refractivity contribution in [1.82, 2.24) is 15.2 Å². The molecule has 5 nitrogen and oxygen atoms in total. The van der Waals surface area contributed by atoms with E-state index in [0.717, 1.165) is 32.5 Å². The van der Waals surface area contributed by atoms with E-state index in [1.54, 1.807) is 12.4 Å². The molecular weight excluding hydrogens is 254 g/mol. The molecule has 1 atom stereocenters. The number of nitrogens with zero attached hydrogens (tertiary/aromatic N) is 2. The number of nitrogens with one attached hydrogen (secondary N) is 1. The van der Waals surface area contributed by atoms with Crippen molar-refractivity contribution >= 4 is 5.91 Å². The van der Waals surface area contributed by atoms with E-state index in [2.05, 4.69) is 10.3 Å². The molecule has 0 spiro atoms. The molecule has 1 aromatic heterocycles. The normalized spacial score (nSPS) is 24.4. The maximum atomic E-state index is 12.4. The molecule has 2 fully saturated rings. The van der Waals surface area contributed by atoms with Crippen LogP contribution in [0.25, 0.3) is 0 Å². The Kier molecular flexibility index (Phi) is 3.72. The van der Waals surface area contributed by atoms with Crippen molar-refractivity contribution < 1.29 is 9.53 Å². The van der Waals surface area contributed by atoms with Crippen molar-refractivity contribution in [2.75, 3.05) is 26.2 Å². The van der Waals surface area contributed by atoms with E-state index in [0.29, 0.717) is 0 Å². The summed E-state index contributed by atoms with van der Waals surface area (Å²) in [5.74, 6) is 0.0948. The van der Waals surface area contributed by atoms with Gasteiger partial charge in [-0.3, -0.25) is 9.78 Å². The Morgan fingerprint density at radius 1 is 1.50 bits per heavy atom. The molecule has 0 aliphatic carbocycles. The van der Waals surface area contributed by atoms with Gasteiger partial charge in [-0.1, -0.05) is 0 Å². The molecule has 20 heavy (non-hydrogen) atoms. The number of hydrogen-bond acceptors (Lipinski definition) is 4. The lowest BCUT2D eigenvalue weighted by Crippen LogP contribution is -2.59. The van der Waals surface area contributed by atoms with Crippen LogP contribution in [-0.4, -0.2) is 47.6 Å². The molecule has 0 radical (unpaired) electrons. The standard InChI is InChI=1S/C15H21N3O2/c1-15(10-17-11-15)20-9-14(19)18-8-2-3-13(18)12-4-6-16-7-5-12/h4-7,13,17H,2-3,8-11H2,1H3. The average Bonchev–Trinajstić information content (AvgIpc) is 2.93. The predicted octanol–water partition coefficient (Wildman–Crippen LogP) is 1.12. The summed E-state index contributed by atoms with van der Waals surface area (Å²) in [7, 11) is 0. The quantitative estimate of drug-likeness (QED) is 0.895. The highest BCUT2D eigenvalue weighted by Gasteiger charge is 2.35. The number of amides is 1. The number of rotatable bonds is 4. The third-order valence-electron chi connectivity index (χ3n) is 4.21. The number of pyridine rings is 1. The second-order valence-electron chi connectivity index (χ2n) is 5.87. The van der Waals surface area contributed by atoms with E-state index < -0.39 is 0 Å². The minimum Gasteiger partial charge on any atom is -0.363 e. The van der Waals surface area contributed by atoms with Crippen LogP contribution in [0.5, 0.6) is 0 Å². The van der Waals surface area contributed by atoms with Gasteiger partial charge in [0, 0.05) is 32.0 Å². The van der Waals surface area contributed by atoms with E-state index in [-0.39, 0.29) is 24.2 Å². The fourth-order valence-corrected chi connectivity index (χ4v) is 2.90. The first-order valence-electron chi connectivity index (χ1n) is 7.22. The number of hydrogen-bond donors (Lipinski definition) is 1. The average molecular weight is 275 g/mol. The van der Waals surface area contributed by atoms with Crippen LogP contribution in [0, 0.1) is 0 Å². The maximum absolute atomic E-state index is 12.4. The minimum absolute atomic E-state index is 0.0948. The number of likely N-dealkylation sites (tertiary alicyclic amines) is 1. The zero-order valence-electron chi connectivity index (χ0n) is 11.8. The van der Waals surface area contributed by atoms with Crippen molar-refractivity contribution in [3.05, 3.63) is 30.1 Å². The first-order chi connectivity index (χ1) is 9.68. The van der Waals surface area contributed by atoms with Gasteiger partial charge in [0.1, 0.15) is 6.61 Å². The highest BCUT2D eigenvalue weighted by molar-refractivity contribution is 5.78. The molecule has 0 bridgehead atoms. The van der Waals surface area contributed by atoms with Gasteiger partial charge in [-0.2, -0.15) is 0 Å². The molecule has 0 aromatic carbocycles. The lowest BCUT2D eigenvalue weighted by molar-refractivity contribution is -0.146. The molecule has 2 aliphatic heterocycles. The molecule has 1 N–H and O–H groups in total. The fourth-order valence-electron chi connectivity index (χ4n) is 2.90. The van der Waals surface area contributed by atoms with Crippen molar-refractivity contribution in [2.45, 2.75) is 31.4 Å². The Balaban J connectivity index is 1.61. The topological polar surface area (TPSA) is 54.5 Å². The van der Waals surface area contributed by atoms with Gasteiger partial charge in [0.05, 0.1) is 11.6 Å². The molecule has 1 aromatic rings. The molecule has 2 saturated heterocycles. The summed E-state index contributed by atoms with van der Waals surface area (Å²) < 4.78 is 5.76. The molecule has 1 unspecified atom stereocenters. The number of aromatic nitrogens is 1. The molecule has 3 rings (SSSR count). The monoisotopic (exact) mass is 275 g/mol. The van der Waals surface area contributed by atoms with Crippen LogP contribution in [0.15, 0.2) is 24.5 Å². The SMILES string of the molecule is CC1(OCC(=O)N2CCCC2c2ccncc2)CNC1. The van der Waals surface area contributed by atoms with Crippen LogP contribution >= 0.6 is 0 Å². The van der Waals surface area contributed by atoms with Gasteiger partial charge >= 0.3 is 0 Å². The van der Waals surface area contributed by atoms with Crippen molar-refractivity contribution in [1.29, 1.82) is 0 Å². The number of carbonyl (C=O) groups excluding carboxylic acids is 1. The van der Waals surface area contributed by atoms with E-state index in [9.17, 15) is 4.79 Å². The highest BCUT2D eigenvalue weighted by atomic mass is 16.5. The maximum Gasteiger partial charge on any atom is 0.249 e. The molecule has 108 valence electrons. The Hall–Kier alpha value is -1.46. The summed E-state index contributed by atoms with van der Waals surface area (Å²) in [5.41, 5.74) is 1.00. The summed E-state index contributed by atoms with van der Waals surface area (Å²) >= 11 is 0. The minimum atomic E-state index is -0.165. The van der Waals surface area contributed by atoms with Crippen LogP contribution in [0.1, 0.15) is 31.4 Å². The first-order valence-corrected chi connectivity index (χ1v) is 7.22. The second kappa shape index (κ2) is 5.50. The third kappa shape index (κ3) is 2.69. The second-order valence-corrected chi connectivity index (χ2v) is 5.87. The smallest absolute Gasteiger partial charge is 0.249 e. The molecular formula is C15H21N3O2. The van der Waals surface area contributed by atoms with Gasteiger partial charge < -0.3 is 15.0 Å². The van der Waals surface area contributed by atoms with Gasteiger partial charge in [-0.25, -0.2) is 0 Å². The van der Waals surface area contributed by atoms with Crippen LogP contribution in [0.4, 0.5) is 0 Å². The van der Waals surface area contributed by atoms with Gasteiger partial charge in [0.15, 0.2) is 0 Å². The third-order valence-corrected chi connectivity index (χ3v) is 4.21. The molecule has 0 saturated carbocycles. The summed E-state index contributed by atoms with van der Waals surface area (Å²) in [4.78, 5) is 18.4. The van der Waals surface area contributed by atoms with Crippen molar-refractivity contribution in [2.24, 2.45) is 0 Å². The van der Waals surface area contributed by atoms with E-state index >= 15 is 0 Å². The van der Waals surface area contributed by atoms with Crippen molar-refractivity contribution in [3.8, 4) is 0 Å². The molecule has 1 amide bonds. The molecule has 5 heteroatoms. The van der Waals surface area contributed by atoms with Crippen LogP contribution in [0.3, 0.4) is 0 Å². The molecule has 3 heterocycles. The van der Waals surface area contributed by atoms with Gasteiger partial charge in [-0.15, -0.1) is 0 Å². The summed E-state index contributed by atoms with van der Waals surface area (Å²) in [6, 6.07) is 4.17. The summed E-state index contributed by atoms with van der Waals surface area (Å²) in [5, 5.41) is 3.17.